The van der Waals surface area contributed by atoms with Gasteiger partial charge in [0, 0.05) is 46.7 Å². The molecular formula is C61H86N8O15. The Kier molecular flexibility index (Phi) is 22.9. The van der Waals surface area contributed by atoms with E-state index in [4.69, 9.17) is 28.4 Å². The quantitative estimate of drug-likeness (QED) is 0.0256. The van der Waals surface area contributed by atoms with Gasteiger partial charge in [-0.25, -0.2) is 4.79 Å². The summed E-state index contributed by atoms with van der Waals surface area (Å²) in [6.07, 6.45) is -1.05. The summed E-state index contributed by atoms with van der Waals surface area (Å²) in [5.74, 6) is -4.05. The van der Waals surface area contributed by atoms with Crippen LogP contribution in [0.4, 0.5) is 4.79 Å². The summed E-state index contributed by atoms with van der Waals surface area (Å²) in [5.41, 5.74) is -1.07. The first kappa shape index (κ1) is 65.6. The summed E-state index contributed by atoms with van der Waals surface area (Å²) in [6, 6.07) is 9.48. The third kappa shape index (κ3) is 17.3. The Hall–Kier alpha value is -7.53. The highest BCUT2D eigenvalue weighted by molar-refractivity contribution is 6.03. The summed E-state index contributed by atoms with van der Waals surface area (Å²) in [7, 11) is 3.05. The first-order valence-corrected chi connectivity index (χ1v) is 29.1. The van der Waals surface area contributed by atoms with Gasteiger partial charge in [0.1, 0.15) is 59.4 Å². The van der Waals surface area contributed by atoms with Gasteiger partial charge in [0.05, 0.1) is 38.5 Å². The van der Waals surface area contributed by atoms with E-state index in [0.29, 0.717) is 59.2 Å². The first-order valence-electron chi connectivity index (χ1n) is 29.1. The van der Waals surface area contributed by atoms with E-state index in [-0.39, 0.29) is 73.6 Å². The molecule has 2 aliphatic rings. The van der Waals surface area contributed by atoms with Crippen LogP contribution in [0, 0.1) is 23.7 Å². The van der Waals surface area contributed by atoms with Crippen LogP contribution >= 0.6 is 0 Å². The van der Waals surface area contributed by atoms with Crippen LogP contribution in [0.5, 0.6) is 11.5 Å². The van der Waals surface area contributed by atoms with Crippen LogP contribution in [-0.2, 0) is 47.7 Å². The van der Waals surface area contributed by atoms with Gasteiger partial charge in [0.15, 0.2) is 11.6 Å². The Labute approximate surface area is 490 Å². The number of carbonyl (C=O) groups is 9. The van der Waals surface area contributed by atoms with Gasteiger partial charge in [-0.05, 0) is 127 Å². The minimum Gasteiger partial charge on any atom is -0.496 e. The summed E-state index contributed by atoms with van der Waals surface area (Å²) >= 11 is 0. The largest absolute Gasteiger partial charge is 0.509 e. The Morgan fingerprint density at radius 2 is 0.952 bits per heavy atom. The molecule has 6 rings (SSSR count). The van der Waals surface area contributed by atoms with E-state index in [9.17, 15) is 43.2 Å². The molecule has 8 N–H and O–H groups in total. The summed E-state index contributed by atoms with van der Waals surface area (Å²) in [4.78, 5) is 129. The van der Waals surface area contributed by atoms with Gasteiger partial charge in [0.25, 0.3) is 11.8 Å². The molecule has 0 spiro atoms. The fourth-order valence-electron chi connectivity index (χ4n) is 10.9. The lowest BCUT2D eigenvalue weighted by Gasteiger charge is -2.36. The van der Waals surface area contributed by atoms with Crippen molar-refractivity contribution in [2.45, 2.75) is 168 Å². The summed E-state index contributed by atoms with van der Waals surface area (Å²) in [6.45, 7) is 17.2. The van der Waals surface area contributed by atoms with E-state index in [2.05, 4.69) is 41.9 Å². The molecule has 2 saturated heterocycles. The third-order valence-corrected chi connectivity index (χ3v) is 15.5. The normalized spacial score (nSPS) is 17.6. The average molecular weight is 1170 g/mol. The van der Waals surface area contributed by atoms with Crippen molar-refractivity contribution in [2.75, 3.05) is 40.5 Å². The van der Waals surface area contributed by atoms with E-state index in [0.717, 1.165) is 0 Å². The number of aromatic nitrogens is 2. The second-order valence-electron chi connectivity index (χ2n) is 23.7. The average Bonchev–Trinajstić information content (AvgIpc) is 3.53. The number of hydrogen-bond acceptors (Lipinski definition) is 15. The summed E-state index contributed by atoms with van der Waals surface area (Å²) in [5, 5.41) is 18.2. The number of nitrogens with one attached hydrogen (secondary N) is 8. The number of methoxy groups -OCH3 is 2. The highest BCUT2D eigenvalue weighted by atomic mass is 16.8. The summed E-state index contributed by atoms with van der Waals surface area (Å²) < 4.78 is 35.0. The molecule has 2 aromatic carbocycles. The Morgan fingerprint density at radius 1 is 0.571 bits per heavy atom. The van der Waals surface area contributed by atoms with Gasteiger partial charge in [-0.3, -0.25) is 38.4 Å². The number of aromatic amines is 2. The number of benzene rings is 2. The fourth-order valence-corrected chi connectivity index (χ4v) is 10.9. The number of Topliss-reactive ketones (excluding diaryl/α,β-unsaturated/α-hetero) is 2. The maximum Gasteiger partial charge on any atom is 0.509 e. The van der Waals surface area contributed by atoms with Crippen molar-refractivity contribution in [1.82, 2.24) is 41.9 Å². The fraction of sp³-hybridized carbons (Fsp3) is 0.590. The number of H-pyrrole nitrogens is 2. The molecule has 0 bridgehead atoms. The minimum absolute atomic E-state index is 0.0242. The lowest BCUT2D eigenvalue weighted by atomic mass is 9.94. The van der Waals surface area contributed by atoms with E-state index in [1.165, 1.54) is 14.2 Å². The van der Waals surface area contributed by atoms with Crippen LogP contribution in [0.1, 0.15) is 142 Å². The smallest absolute Gasteiger partial charge is 0.496 e. The van der Waals surface area contributed by atoms with Crippen molar-refractivity contribution in [3.8, 4) is 11.5 Å². The van der Waals surface area contributed by atoms with Crippen molar-refractivity contribution >= 4 is 75.0 Å². The molecule has 0 aliphatic carbocycles. The predicted octanol–water partition coefficient (Wildman–Crippen LogP) is 6.12. The van der Waals surface area contributed by atoms with Crippen molar-refractivity contribution in [1.29, 1.82) is 0 Å². The Bertz CT molecular complexity index is 2800. The molecule has 23 heteroatoms. The Morgan fingerprint density at radius 3 is 1.27 bits per heavy atom. The second kappa shape index (κ2) is 29.3. The van der Waals surface area contributed by atoms with Gasteiger partial charge in [-0.1, -0.05) is 53.7 Å². The molecule has 6 amide bonds. The minimum atomic E-state index is -1.40. The number of ether oxygens (including phenoxy) is 6. The van der Waals surface area contributed by atoms with Crippen LogP contribution in [0.15, 0.2) is 48.5 Å². The molecule has 2 fully saturated rings. The molecular weight excluding hydrogens is 1080 g/mol. The molecule has 4 aromatic rings. The van der Waals surface area contributed by atoms with Crippen LogP contribution in [0.3, 0.4) is 0 Å². The SMILES string of the molecule is CC[C@@H](OCC(=O)[C@H](C[C@@H]1CCNC1=O)NC(=O)[C@H](CC(C)C)NC(=O)c1cc2c(OC)cccc2[nH]1)C(C)(C)OC(=O)OC(C)(C)[C@@H](CC)OCC(=O)[C@H](C[C@@H]1CCNC1=O)NC(=O)[C@H](CC(C)C)NC(=O)c1cc2c(OC)cccc2[nH]1. The Balaban J connectivity index is 1.07. The van der Waals surface area contributed by atoms with Crippen LogP contribution in [-0.4, -0.2) is 151 Å². The van der Waals surface area contributed by atoms with E-state index in [1.54, 1.807) is 90.1 Å². The van der Waals surface area contributed by atoms with Crippen molar-refractivity contribution in [3.05, 3.63) is 59.9 Å². The second-order valence-corrected chi connectivity index (χ2v) is 23.7. The molecule has 23 nitrogen and oxygen atoms in total. The molecule has 2 aliphatic heterocycles. The van der Waals surface area contributed by atoms with Gasteiger partial charge in [-0.15, -0.1) is 0 Å². The van der Waals surface area contributed by atoms with E-state index in [1.807, 2.05) is 27.7 Å². The van der Waals surface area contributed by atoms with E-state index >= 15 is 0 Å². The number of amides is 6. The molecule has 0 radical (unpaired) electrons. The molecule has 8 atom stereocenters. The van der Waals surface area contributed by atoms with Gasteiger partial charge < -0.3 is 70.3 Å². The monoisotopic (exact) mass is 1170 g/mol. The van der Waals surface area contributed by atoms with E-state index < -0.39 is 114 Å². The molecule has 4 heterocycles. The number of carbonyl (C=O) groups excluding carboxylic acids is 9. The molecule has 460 valence electrons. The maximum atomic E-state index is 14.2. The number of ketones is 2. The van der Waals surface area contributed by atoms with Gasteiger partial charge >= 0.3 is 6.16 Å². The highest BCUT2D eigenvalue weighted by Gasteiger charge is 2.41. The predicted molar refractivity (Wildman–Crippen MR) is 312 cm³/mol. The van der Waals surface area contributed by atoms with Gasteiger partial charge in [-0.2, -0.15) is 0 Å². The van der Waals surface area contributed by atoms with Crippen molar-refractivity contribution < 1.29 is 71.6 Å². The molecule has 84 heavy (non-hydrogen) atoms. The zero-order chi connectivity index (χ0) is 61.6. The van der Waals surface area contributed by atoms with Gasteiger partial charge in [0.2, 0.25) is 23.6 Å². The topological polar surface area (TPSA) is 313 Å². The zero-order valence-electron chi connectivity index (χ0n) is 50.5. The highest BCUT2D eigenvalue weighted by Crippen LogP contribution is 2.30. The number of hydrogen-bond donors (Lipinski definition) is 8. The van der Waals surface area contributed by atoms with Crippen LogP contribution in [0.25, 0.3) is 21.8 Å². The third-order valence-electron chi connectivity index (χ3n) is 15.5. The number of rotatable bonds is 32. The lowest BCUT2D eigenvalue weighted by Crippen LogP contribution is -2.54. The maximum absolute atomic E-state index is 14.2. The zero-order valence-corrected chi connectivity index (χ0v) is 50.5. The molecule has 2 aromatic heterocycles. The molecule has 0 unspecified atom stereocenters. The van der Waals surface area contributed by atoms with Crippen molar-refractivity contribution in [2.24, 2.45) is 23.7 Å². The molecule has 0 saturated carbocycles. The van der Waals surface area contributed by atoms with Crippen molar-refractivity contribution in [3.63, 3.8) is 0 Å². The number of fused-ring (bicyclic) bond motifs is 2. The standard InChI is InChI=1S/C61H86N8O15/c1-13-51(81-31-47(70)41(27-35-21-23-62-53(35)72)66-55(74)43(25-33(3)4)68-57(76)45-29-37-39(64-45)17-15-19-49(37)79-11)60(7,8)83-59(78)84-61(9,10)52(14-2)82-32-48(71)42(28-36-22-24-63-54(36)73)67-56(75)44(26-34(5)6)69-58(77)46-30-38-40(65-46)18-16-20-50(38)80-12/h15-20,29-30,33-36,41-44,51-52,64-65H,13-14,21-28,31-32H2,1-12H3,(H,62,72)(H,63,73)(H,66,74)(H,67,75)(H,68,76)(H,69,77)/t35-,36-,41-,42-,43-,44-,51+,52+/m0/s1. The van der Waals surface area contributed by atoms with Crippen LogP contribution < -0.4 is 41.4 Å². The lowest BCUT2D eigenvalue weighted by molar-refractivity contribution is -0.156. The first-order chi connectivity index (χ1) is 39.8. The van der Waals surface area contributed by atoms with Crippen LogP contribution in [0.2, 0.25) is 0 Å².